The van der Waals surface area contributed by atoms with Crippen LogP contribution in [0.15, 0.2) is 48.9 Å². The van der Waals surface area contributed by atoms with Crippen LogP contribution in [0.4, 0.5) is 0 Å². The number of hydrogen-bond acceptors (Lipinski definition) is 4. The SMILES string of the molecule is O=C(NC1CCC(O)CC1)c1ccc(-n2cnc3ccccc32)nc1. The topological polar surface area (TPSA) is 80.0 Å². The van der Waals surface area contributed by atoms with Crippen LogP contribution in [0.1, 0.15) is 36.0 Å². The number of aliphatic hydroxyl groups is 1. The first-order valence-corrected chi connectivity index (χ1v) is 8.58. The van der Waals surface area contributed by atoms with Gasteiger partial charge in [0.2, 0.25) is 0 Å². The van der Waals surface area contributed by atoms with Gasteiger partial charge in [-0.3, -0.25) is 9.36 Å². The fraction of sp³-hybridized carbons (Fsp3) is 0.316. The molecule has 0 radical (unpaired) electrons. The number of carbonyl (C=O) groups is 1. The fourth-order valence-corrected chi connectivity index (χ4v) is 3.29. The van der Waals surface area contributed by atoms with Gasteiger partial charge in [0.15, 0.2) is 0 Å². The molecule has 2 N–H and O–H groups in total. The smallest absolute Gasteiger partial charge is 0.253 e. The zero-order valence-corrected chi connectivity index (χ0v) is 13.8. The molecule has 1 aliphatic carbocycles. The van der Waals surface area contributed by atoms with Gasteiger partial charge < -0.3 is 10.4 Å². The maximum atomic E-state index is 12.4. The maximum absolute atomic E-state index is 12.4. The molecule has 6 nitrogen and oxygen atoms in total. The number of nitrogens with zero attached hydrogens (tertiary/aromatic N) is 3. The Bertz CT molecular complexity index is 880. The lowest BCUT2D eigenvalue weighted by Gasteiger charge is -2.26. The summed E-state index contributed by atoms with van der Waals surface area (Å²) in [7, 11) is 0. The van der Waals surface area contributed by atoms with Crippen LogP contribution in [0.2, 0.25) is 0 Å². The van der Waals surface area contributed by atoms with E-state index < -0.39 is 0 Å². The zero-order valence-electron chi connectivity index (χ0n) is 13.8. The number of pyridine rings is 1. The van der Waals surface area contributed by atoms with E-state index in [2.05, 4.69) is 15.3 Å². The van der Waals surface area contributed by atoms with Gasteiger partial charge in [-0.25, -0.2) is 9.97 Å². The van der Waals surface area contributed by atoms with Gasteiger partial charge in [0.05, 0.1) is 22.7 Å². The summed E-state index contributed by atoms with van der Waals surface area (Å²) in [5.41, 5.74) is 2.43. The number of fused-ring (bicyclic) bond motifs is 1. The van der Waals surface area contributed by atoms with Crippen molar-refractivity contribution >= 4 is 16.9 Å². The van der Waals surface area contributed by atoms with Gasteiger partial charge in [-0.05, 0) is 49.9 Å². The summed E-state index contributed by atoms with van der Waals surface area (Å²) in [6.07, 6.45) is 6.24. The van der Waals surface area contributed by atoms with E-state index in [-0.39, 0.29) is 18.1 Å². The first-order valence-electron chi connectivity index (χ1n) is 8.58. The number of para-hydroxylation sites is 2. The Labute approximate surface area is 145 Å². The molecule has 4 rings (SSSR count). The highest BCUT2D eigenvalue weighted by Crippen LogP contribution is 2.19. The van der Waals surface area contributed by atoms with Crippen molar-refractivity contribution < 1.29 is 9.90 Å². The molecule has 0 aliphatic heterocycles. The van der Waals surface area contributed by atoms with Gasteiger partial charge in [-0.1, -0.05) is 12.1 Å². The molecule has 25 heavy (non-hydrogen) atoms. The molecule has 0 saturated heterocycles. The van der Waals surface area contributed by atoms with Crippen molar-refractivity contribution in [3.63, 3.8) is 0 Å². The molecule has 1 amide bonds. The van der Waals surface area contributed by atoms with Crippen LogP contribution < -0.4 is 5.32 Å². The van der Waals surface area contributed by atoms with Crippen LogP contribution >= 0.6 is 0 Å². The molecular formula is C19H20N4O2. The van der Waals surface area contributed by atoms with Crippen LogP contribution in [0.3, 0.4) is 0 Å². The quantitative estimate of drug-likeness (QED) is 0.770. The summed E-state index contributed by atoms with van der Waals surface area (Å²) in [5, 5.41) is 12.6. The molecule has 2 aromatic heterocycles. The molecule has 0 atom stereocenters. The average molecular weight is 336 g/mol. The van der Waals surface area contributed by atoms with Crippen LogP contribution in [-0.4, -0.2) is 37.7 Å². The van der Waals surface area contributed by atoms with Crippen molar-refractivity contribution in [3.8, 4) is 5.82 Å². The number of rotatable bonds is 3. The van der Waals surface area contributed by atoms with Gasteiger partial charge in [-0.2, -0.15) is 0 Å². The van der Waals surface area contributed by atoms with Crippen molar-refractivity contribution in [2.45, 2.75) is 37.8 Å². The van der Waals surface area contributed by atoms with Gasteiger partial charge in [0, 0.05) is 12.2 Å². The number of nitrogens with one attached hydrogen (secondary N) is 1. The second kappa shape index (κ2) is 6.64. The summed E-state index contributed by atoms with van der Waals surface area (Å²) in [4.78, 5) is 21.2. The molecular weight excluding hydrogens is 316 g/mol. The van der Waals surface area contributed by atoms with E-state index in [1.165, 1.54) is 0 Å². The number of carbonyl (C=O) groups excluding carboxylic acids is 1. The minimum absolute atomic E-state index is 0.115. The van der Waals surface area contributed by atoms with E-state index >= 15 is 0 Å². The number of aromatic nitrogens is 3. The molecule has 0 spiro atoms. The van der Waals surface area contributed by atoms with Crippen LogP contribution in [0.5, 0.6) is 0 Å². The highest BCUT2D eigenvalue weighted by Gasteiger charge is 2.21. The predicted molar refractivity (Wildman–Crippen MR) is 94.6 cm³/mol. The molecule has 3 aromatic rings. The average Bonchev–Trinajstić information content (AvgIpc) is 3.08. The molecule has 0 unspecified atom stereocenters. The second-order valence-electron chi connectivity index (χ2n) is 6.49. The molecule has 6 heteroatoms. The van der Waals surface area contributed by atoms with Crippen molar-refractivity contribution in [2.75, 3.05) is 0 Å². The summed E-state index contributed by atoms with van der Waals surface area (Å²) >= 11 is 0. The summed E-state index contributed by atoms with van der Waals surface area (Å²) < 4.78 is 1.90. The number of imidazole rings is 1. The van der Waals surface area contributed by atoms with Crippen molar-refractivity contribution in [1.82, 2.24) is 19.9 Å². The fourth-order valence-electron chi connectivity index (χ4n) is 3.29. The van der Waals surface area contributed by atoms with Crippen molar-refractivity contribution in [2.24, 2.45) is 0 Å². The third-order valence-corrected chi connectivity index (χ3v) is 4.74. The van der Waals surface area contributed by atoms with Gasteiger partial charge >= 0.3 is 0 Å². The highest BCUT2D eigenvalue weighted by molar-refractivity contribution is 5.94. The Kier molecular flexibility index (Phi) is 4.19. The normalized spacial score (nSPS) is 20.5. The predicted octanol–water partition coefficient (Wildman–Crippen LogP) is 2.45. The molecule has 0 bridgehead atoms. The second-order valence-corrected chi connectivity index (χ2v) is 6.49. The standard InChI is InChI=1S/C19H20N4O2/c24-15-8-6-14(7-9-15)22-19(25)13-5-10-18(20-11-13)23-12-21-16-3-1-2-4-17(16)23/h1-5,10-12,14-15,24H,6-9H2,(H,22,25). The van der Waals surface area contributed by atoms with E-state index in [1.807, 2.05) is 34.9 Å². The van der Waals surface area contributed by atoms with E-state index in [4.69, 9.17) is 0 Å². The third kappa shape index (κ3) is 3.25. The number of amides is 1. The number of hydrogen-bond donors (Lipinski definition) is 2. The lowest BCUT2D eigenvalue weighted by Crippen LogP contribution is -2.38. The Hall–Kier alpha value is -2.73. The largest absolute Gasteiger partial charge is 0.393 e. The Morgan fingerprint density at radius 1 is 1.08 bits per heavy atom. The maximum Gasteiger partial charge on any atom is 0.253 e. The Morgan fingerprint density at radius 3 is 2.64 bits per heavy atom. The zero-order chi connectivity index (χ0) is 17.2. The van der Waals surface area contributed by atoms with E-state index in [0.29, 0.717) is 5.56 Å². The molecule has 2 heterocycles. The summed E-state index contributed by atoms with van der Waals surface area (Å²) in [5.74, 6) is 0.613. The van der Waals surface area contributed by atoms with E-state index in [1.54, 1.807) is 18.6 Å². The molecule has 1 saturated carbocycles. The van der Waals surface area contributed by atoms with E-state index in [9.17, 15) is 9.90 Å². The molecule has 1 aliphatic rings. The summed E-state index contributed by atoms with van der Waals surface area (Å²) in [6.45, 7) is 0. The summed E-state index contributed by atoms with van der Waals surface area (Å²) in [6, 6.07) is 11.6. The van der Waals surface area contributed by atoms with Crippen molar-refractivity contribution in [1.29, 1.82) is 0 Å². The number of aliphatic hydroxyl groups excluding tert-OH is 1. The minimum atomic E-state index is -0.223. The Balaban J connectivity index is 1.49. The lowest BCUT2D eigenvalue weighted by molar-refractivity contribution is 0.0867. The first kappa shape index (κ1) is 15.8. The van der Waals surface area contributed by atoms with Gasteiger partial charge in [0.25, 0.3) is 5.91 Å². The molecule has 1 fully saturated rings. The first-order chi connectivity index (χ1) is 12.2. The third-order valence-electron chi connectivity index (χ3n) is 4.74. The van der Waals surface area contributed by atoms with E-state index in [0.717, 1.165) is 42.5 Å². The Morgan fingerprint density at radius 2 is 1.88 bits per heavy atom. The minimum Gasteiger partial charge on any atom is -0.393 e. The molecule has 1 aromatic carbocycles. The number of benzene rings is 1. The van der Waals surface area contributed by atoms with Crippen LogP contribution in [0.25, 0.3) is 16.9 Å². The van der Waals surface area contributed by atoms with Gasteiger partial charge in [0.1, 0.15) is 12.1 Å². The monoisotopic (exact) mass is 336 g/mol. The lowest BCUT2D eigenvalue weighted by atomic mass is 9.93. The van der Waals surface area contributed by atoms with Gasteiger partial charge in [-0.15, -0.1) is 0 Å². The molecule has 128 valence electrons. The van der Waals surface area contributed by atoms with Crippen LogP contribution in [-0.2, 0) is 0 Å². The van der Waals surface area contributed by atoms with Crippen molar-refractivity contribution in [3.05, 3.63) is 54.5 Å². The van der Waals surface area contributed by atoms with Crippen LogP contribution in [0, 0.1) is 0 Å². The highest BCUT2D eigenvalue weighted by atomic mass is 16.3.